The lowest BCUT2D eigenvalue weighted by Gasteiger charge is -2.34. The van der Waals surface area contributed by atoms with Crippen LogP contribution in [-0.2, 0) is 4.79 Å². The normalized spacial score (nSPS) is 25.9. The fourth-order valence-electron chi connectivity index (χ4n) is 3.63. The maximum Gasteiger partial charge on any atom is 0.226 e. The second kappa shape index (κ2) is 6.05. The minimum atomic E-state index is -0.135. The van der Waals surface area contributed by atoms with Crippen LogP contribution in [0, 0.1) is 11.3 Å². The SMILES string of the molecule is CC1(C(=O)NC(CN)C2CCCC2)CCCCC1. The Kier molecular flexibility index (Phi) is 4.66. The third-order valence-electron chi connectivity index (χ3n) is 5.04. The van der Waals surface area contributed by atoms with E-state index < -0.39 is 0 Å². The third kappa shape index (κ3) is 3.05. The Balaban J connectivity index is 1.91. The molecular weight excluding hydrogens is 224 g/mol. The van der Waals surface area contributed by atoms with Crippen molar-refractivity contribution < 1.29 is 4.79 Å². The third-order valence-corrected chi connectivity index (χ3v) is 5.04. The van der Waals surface area contributed by atoms with Gasteiger partial charge in [0, 0.05) is 18.0 Å². The summed E-state index contributed by atoms with van der Waals surface area (Å²) in [7, 11) is 0. The summed E-state index contributed by atoms with van der Waals surface area (Å²) >= 11 is 0. The van der Waals surface area contributed by atoms with Crippen molar-refractivity contribution in [2.45, 2.75) is 70.8 Å². The second-order valence-corrected chi connectivity index (χ2v) is 6.48. The highest BCUT2D eigenvalue weighted by atomic mass is 16.2. The van der Waals surface area contributed by atoms with E-state index in [1.165, 1.54) is 44.9 Å². The Labute approximate surface area is 111 Å². The van der Waals surface area contributed by atoms with Crippen LogP contribution in [0.3, 0.4) is 0 Å². The highest BCUT2D eigenvalue weighted by Crippen LogP contribution is 2.36. The largest absolute Gasteiger partial charge is 0.351 e. The van der Waals surface area contributed by atoms with E-state index in [9.17, 15) is 4.79 Å². The van der Waals surface area contributed by atoms with E-state index in [1.807, 2.05) is 0 Å². The summed E-state index contributed by atoms with van der Waals surface area (Å²) in [4.78, 5) is 12.5. The highest BCUT2D eigenvalue weighted by molar-refractivity contribution is 5.82. The van der Waals surface area contributed by atoms with Gasteiger partial charge in [-0.2, -0.15) is 0 Å². The van der Waals surface area contributed by atoms with Crippen molar-refractivity contribution in [2.75, 3.05) is 6.54 Å². The van der Waals surface area contributed by atoms with E-state index in [-0.39, 0.29) is 17.4 Å². The number of carbonyl (C=O) groups is 1. The smallest absolute Gasteiger partial charge is 0.226 e. The molecule has 0 spiro atoms. The van der Waals surface area contributed by atoms with E-state index in [4.69, 9.17) is 5.73 Å². The van der Waals surface area contributed by atoms with E-state index in [1.54, 1.807) is 0 Å². The van der Waals surface area contributed by atoms with Crippen LogP contribution in [0.2, 0.25) is 0 Å². The van der Waals surface area contributed by atoms with Gasteiger partial charge in [-0.1, -0.05) is 39.0 Å². The van der Waals surface area contributed by atoms with Crippen LogP contribution < -0.4 is 11.1 Å². The molecule has 2 fully saturated rings. The van der Waals surface area contributed by atoms with Gasteiger partial charge in [-0.05, 0) is 31.6 Å². The summed E-state index contributed by atoms with van der Waals surface area (Å²) in [5.74, 6) is 0.871. The number of nitrogens with one attached hydrogen (secondary N) is 1. The Bertz CT molecular complexity index is 278. The van der Waals surface area contributed by atoms with Crippen molar-refractivity contribution in [3.05, 3.63) is 0 Å². The van der Waals surface area contributed by atoms with Crippen molar-refractivity contribution in [2.24, 2.45) is 17.1 Å². The van der Waals surface area contributed by atoms with Crippen LogP contribution in [-0.4, -0.2) is 18.5 Å². The molecule has 2 saturated carbocycles. The molecule has 1 amide bonds. The minimum absolute atomic E-state index is 0.135. The van der Waals surface area contributed by atoms with Crippen LogP contribution in [0.4, 0.5) is 0 Å². The van der Waals surface area contributed by atoms with Crippen LogP contribution in [0.25, 0.3) is 0 Å². The molecule has 1 atom stereocenters. The Hall–Kier alpha value is -0.570. The first-order valence-corrected chi connectivity index (χ1v) is 7.67. The molecule has 3 heteroatoms. The van der Waals surface area contributed by atoms with Gasteiger partial charge in [0.05, 0.1) is 0 Å². The summed E-state index contributed by atoms with van der Waals surface area (Å²) in [6.45, 7) is 2.72. The fraction of sp³-hybridized carbons (Fsp3) is 0.933. The number of hydrogen-bond acceptors (Lipinski definition) is 2. The molecule has 1 unspecified atom stereocenters. The Morgan fingerprint density at radius 1 is 1.22 bits per heavy atom. The quantitative estimate of drug-likeness (QED) is 0.808. The number of carbonyl (C=O) groups excluding carboxylic acids is 1. The second-order valence-electron chi connectivity index (χ2n) is 6.48. The molecule has 3 N–H and O–H groups in total. The van der Waals surface area contributed by atoms with Crippen molar-refractivity contribution in [1.82, 2.24) is 5.32 Å². The Morgan fingerprint density at radius 2 is 1.83 bits per heavy atom. The zero-order valence-electron chi connectivity index (χ0n) is 11.7. The Morgan fingerprint density at radius 3 is 2.39 bits per heavy atom. The molecule has 0 bridgehead atoms. The molecule has 0 saturated heterocycles. The van der Waals surface area contributed by atoms with Gasteiger partial charge in [-0.15, -0.1) is 0 Å². The average molecular weight is 252 g/mol. The van der Waals surface area contributed by atoms with E-state index in [2.05, 4.69) is 12.2 Å². The number of hydrogen-bond donors (Lipinski definition) is 2. The van der Waals surface area contributed by atoms with Crippen molar-refractivity contribution >= 4 is 5.91 Å². The molecule has 2 aliphatic carbocycles. The van der Waals surface area contributed by atoms with E-state index in [0.29, 0.717) is 12.5 Å². The molecule has 2 rings (SSSR count). The predicted molar refractivity (Wildman–Crippen MR) is 74.1 cm³/mol. The first kappa shape index (κ1) is 13.9. The van der Waals surface area contributed by atoms with Crippen LogP contribution in [0.1, 0.15) is 64.7 Å². The first-order valence-electron chi connectivity index (χ1n) is 7.67. The maximum atomic E-state index is 12.5. The summed E-state index contributed by atoms with van der Waals surface area (Å²) in [5.41, 5.74) is 5.72. The van der Waals surface area contributed by atoms with Gasteiger partial charge < -0.3 is 11.1 Å². The zero-order chi connectivity index (χ0) is 13.0. The maximum absolute atomic E-state index is 12.5. The van der Waals surface area contributed by atoms with Gasteiger partial charge in [0.25, 0.3) is 0 Å². The number of amides is 1. The molecule has 18 heavy (non-hydrogen) atoms. The monoisotopic (exact) mass is 252 g/mol. The summed E-state index contributed by atoms with van der Waals surface area (Å²) < 4.78 is 0. The first-order chi connectivity index (χ1) is 8.65. The molecule has 0 aromatic heterocycles. The van der Waals surface area contributed by atoms with E-state index >= 15 is 0 Å². The van der Waals surface area contributed by atoms with Gasteiger partial charge in [-0.3, -0.25) is 4.79 Å². The summed E-state index contributed by atoms with van der Waals surface area (Å²) in [5, 5.41) is 3.25. The standard InChI is InChI=1S/C15H28N2O/c1-15(9-5-2-6-10-15)14(18)17-13(11-16)12-7-3-4-8-12/h12-13H,2-11,16H2,1H3,(H,17,18). The molecule has 3 nitrogen and oxygen atoms in total. The van der Waals surface area contributed by atoms with Gasteiger partial charge in [0.2, 0.25) is 5.91 Å². The highest BCUT2D eigenvalue weighted by Gasteiger charge is 2.36. The summed E-state index contributed by atoms with van der Waals surface area (Å²) in [6, 6.07) is 0.207. The van der Waals surface area contributed by atoms with Gasteiger partial charge in [0.1, 0.15) is 0 Å². The lowest BCUT2D eigenvalue weighted by Crippen LogP contribution is -2.50. The lowest BCUT2D eigenvalue weighted by molar-refractivity contribution is -0.133. The summed E-state index contributed by atoms with van der Waals surface area (Å²) in [6.07, 6.45) is 10.8. The van der Waals surface area contributed by atoms with Crippen molar-refractivity contribution in [3.63, 3.8) is 0 Å². The molecule has 104 valence electrons. The molecule has 0 aromatic rings. The van der Waals surface area contributed by atoms with E-state index in [0.717, 1.165) is 12.8 Å². The van der Waals surface area contributed by atoms with Crippen molar-refractivity contribution in [3.8, 4) is 0 Å². The lowest BCUT2D eigenvalue weighted by atomic mass is 9.75. The molecule has 0 heterocycles. The van der Waals surface area contributed by atoms with Gasteiger partial charge in [0.15, 0.2) is 0 Å². The zero-order valence-corrected chi connectivity index (χ0v) is 11.7. The number of nitrogens with two attached hydrogens (primary N) is 1. The average Bonchev–Trinajstić information content (AvgIpc) is 2.90. The minimum Gasteiger partial charge on any atom is -0.351 e. The molecule has 0 radical (unpaired) electrons. The van der Waals surface area contributed by atoms with Gasteiger partial charge >= 0.3 is 0 Å². The van der Waals surface area contributed by atoms with Gasteiger partial charge in [-0.25, -0.2) is 0 Å². The predicted octanol–water partition coefficient (Wildman–Crippen LogP) is 2.59. The molecule has 2 aliphatic rings. The fourth-order valence-corrected chi connectivity index (χ4v) is 3.63. The number of rotatable bonds is 4. The van der Waals surface area contributed by atoms with Crippen LogP contribution in [0.15, 0.2) is 0 Å². The topological polar surface area (TPSA) is 55.1 Å². The van der Waals surface area contributed by atoms with Crippen LogP contribution >= 0.6 is 0 Å². The molecule has 0 aliphatic heterocycles. The molecule has 0 aromatic carbocycles. The molecular formula is C15H28N2O. The van der Waals surface area contributed by atoms with Crippen LogP contribution in [0.5, 0.6) is 0 Å². The van der Waals surface area contributed by atoms with Crippen molar-refractivity contribution in [1.29, 1.82) is 0 Å².